The van der Waals surface area contributed by atoms with Gasteiger partial charge in [0.15, 0.2) is 0 Å². The number of carbonyl (C=O) groups excluding carboxylic acids is 1. The van der Waals surface area contributed by atoms with Gasteiger partial charge < -0.3 is 14.6 Å². The van der Waals surface area contributed by atoms with E-state index >= 15 is 0 Å². The van der Waals surface area contributed by atoms with E-state index < -0.39 is 17.8 Å². The van der Waals surface area contributed by atoms with Crippen LogP contribution >= 0.6 is 0 Å². The van der Waals surface area contributed by atoms with Gasteiger partial charge in [0.1, 0.15) is 18.0 Å². The zero-order chi connectivity index (χ0) is 14.5. The van der Waals surface area contributed by atoms with Gasteiger partial charge in [-0.15, -0.1) is 0 Å². The van der Waals surface area contributed by atoms with E-state index in [1.54, 1.807) is 52.0 Å². The number of nitrogens with one attached hydrogen (secondary N) is 1. The van der Waals surface area contributed by atoms with E-state index in [1.165, 1.54) is 0 Å². The van der Waals surface area contributed by atoms with Crippen molar-refractivity contribution in [1.82, 2.24) is 0 Å². The summed E-state index contributed by atoms with van der Waals surface area (Å²) in [5, 5.41) is 11.7. The highest BCUT2D eigenvalue weighted by molar-refractivity contribution is 5.84. The fourth-order valence-electron chi connectivity index (χ4n) is 1.27. The van der Waals surface area contributed by atoms with Gasteiger partial charge in [0.2, 0.25) is 0 Å². The van der Waals surface area contributed by atoms with Crippen LogP contribution < -0.4 is 10.1 Å². The summed E-state index contributed by atoms with van der Waals surface area (Å²) in [5.41, 5.74) is 0.100. The first-order valence-electron chi connectivity index (χ1n) is 6.17. The van der Waals surface area contributed by atoms with E-state index in [1.807, 2.05) is 0 Å². The average molecular weight is 267 g/mol. The Morgan fingerprint density at radius 1 is 1.32 bits per heavy atom. The summed E-state index contributed by atoms with van der Waals surface area (Å²) in [5.74, 6) is 0.635. The molecule has 0 aromatic heterocycles. The lowest BCUT2D eigenvalue weighted by Crippen LogP contribution is -2.27. The molecule has 0 aliphatic heterocycles. The molecule has 0 aliphatic carbocycles. The predicted octanol–water partition coefficient (Wildman–Crippen LogP) is 2.79. The largest absolute Gasteiger partial charge is 0.491 e. The number of amides is 1. The quantitative estimate of drug-likeness (QED) is 0.880. The molecule has 1 atom stereocenters. The molecular weight excluding hydrogens is 246 g/mol. The van der Waals surface area contributed by atoms with Crippen molar-refractivity contribution in [3.63, 3.8) is 0 Å². The number of carbonyl (C=O) groups is 1. The highest BCUT2D eigenvalue weighted by Crippen LogP contribution is 2.17. The highest BCUT2D eigenvalue weighted by atomic mass is 16.6. The standard InChI is InChI=1S/C14H21NO4/c1-10(16)9-18-12-7-5-11(6-8-12)15-13(17)19-14(2,3)4/h5-8,10,16H,9H2,1-4H3,(H,15,17). The maximum absolute atomic E-state index is 11.5. The van der Waals surface area contributed by atoms with Crippen molar-refractivity contribution in [3.8, 4) is 5.75 Å². The number of benzene rings is 1. The van der Waals surface area contributed by atoms with Crippen LogP contribution in [0.5, 0.6) is 5.75 Å². The predicted molar refractivity (Wildman–Crippen MR) is 73.5 cm³/mol. The topological polar surface area (TPSA) is 67.8 Å². The van der Waals surface area contributed by atoms with Gasteiger partial charge in [0.05, 0.1) is 6.10 Å². The zero-order valence-electron chi connectivity index (χ0n) is 11.8. The Bertz CT molecular complexity index is 406. The van der Waals surface area contributed by atoms with Crippen molar-refractivity contribution in [3.05, 3.63) is 24.3 Å². The Kier molecular flexibility index (Phi) is 5.18. The van der Waals surface area contributed by atoms with E-state index in [2.05, 4.69) is 5.32 Å². The molecule has 0 fully saturated rings. The van der Waals surface area contributed by atoms with Crippen molar-refractivity contribution in [2.24, 2.45) is 0 Å². The molecule has 0 heterocycles. The van der Waals surface area contributed by atoms with Crippen molar-refractivity contribution in [1.29, 1.82) is 0 Å². The first-order chi connectivity index (χ1) is 8.76. The number of ether oxygens (including phenoxy) is 2. The van der Waals surface area contributed by atoms with Crippen LogP contribution in [0.1, 0.15) is 27.7 Å². The number of hydrogen-bond donors (Lipinski definition) is 2. The summed E-state index contributed by atoms with van der Waals surface area (Å²) in [6.45, 7) is 7.30. The molecule has 5 nitrogen and oxygen atoms in total. The summed E-state index contributed by atoms with van der Waals surface area (Å²) < 4.78 is 10.5. The first kappa shape index (κ1) is 15.3. The van der Waals surface area contributed by atoms with E-state index in [0.717, 1.165) is 0 Å². The number of aliphatic hydroxyl groups is 1. The molecule has 0 spiro atoms. The molecular formula is C14H21NO4. The van der Waals surface area contributed by atoms with Crippen LogP contribution in [0.15, 0.2) is 24.3 Å². The lowest BCUT2D eigenvalue weighted by molar-refractivity contribution is 0.0636. The van der Waals surface area contributed by atoms with Gasteiger partial charge in [0, 0.05) is 5.69 Å². The number of rotatable bonds is 4. The minimum atomic E-state index is -0.523. The molecule has 1 aromatic carbocycles. The van der Waals surface area contributed by atoms with E-state index in [0.29, 0.717) is 11.4 Å². The van der Waals surface area contributed by atoms with Gasteiger partial charge in [0.25, 0.3) is 0 Å². The number of aliphatic hydroxyl groups excluding tert-OH is 1. The molecule has 5 heteroatoms. The summed E-state index contributed by atoms with van der Waals surface area (Å²) in [6, 6.07) is 6.85. The minimum Gasteiger partial charge on any atom is -0.491 e. The Balaban J connectivity index is 2.50. The van der Waals surface area contributed by atoms with Crippen molar-refractivity contribution >= 4 is 11.8 Å². The lowest BCUT2D eigenvalue weighted by Gasteiger charge is -2.19. The molecule has 0 saturated carbocycles. The smallest absolute Gasteiger partial charge is 0.412 e. The molecule has 0 saturated heterocycles. The minimum absolute atomic E-state index is 0.235. The maximum Gasteiger partial charge on any atom is 0.412 e. The molecule has 19 heavy (non-hydrogen) atoms. The Morgan fingerprint density at radius 2 is 1.89 bits per heavy atom. The highest BCUT2D eigenvalue weighted by Gasteiger charge is 2.16. The molecule has 0 bridgehead atoms. The fourth-order valence-corrected chi connectivity index (χ4v) is 1.27. The summed E-state index contributed by atoms with van der Waals surface area (Å²) >= 11 is 0. The van der Waals surface area contributed by atoms with Crippen molar-refractivity contribution in [2.75, 3.05) is 11.9 Å². The molecule has 1 rings (SSSR count). The van der Waals surface area contributed by atoms with E-state index in [-0.39, 0.29) is 6.61 Å². The van der Waals surface area contributed by atoms with Crippen molar-refractivity contribution in [2.45, 2.75) is 39.4 Å². The normalized spacial score (nSPS) is 12.7. The van der Waals surface area contributed by atoms with Crippen LogP contribution in [0.3, 0.4) is 0 Å². The van der Waals surface area contributed by atoms with Gasteiger partial charge in [-0.1, -0.05) is 0 Å². The van der Waals surface area contributed by atoms with Crippen LogP contribution in [0, 0.1) is 0 Å². The fraction of sp³-hybridized carbons (Fsp3) is 0.500. The van der Waals surface area contributed by atoms with Gasteiger partial charge >= 0.3 is 6.09 Å². The van der Waals surface area contributed by atoms with E-state index in [9.17, 15) is 4.79 Å². The summed E-state index contributed by atoms with van der Waals surface area (Å²) in [4.78, 5) is 11.5. The summed E-state index contributed by atoms with van der Waals surface area (Å²) in [7, 11) is 0. The third-order valence-corrected chi connectivity index (χ3v) is 1.99. The lowest BCUT2D eigenvalue weighted by atomic mass is 10.2. The molecule has 106 valence electrons. The molecule has 0 aliphatic rings. The zero-order valence-corrected chi connectivity index (χ0v) is 11.8. The molecule has 2 N–H and O–H groups in total. The number of anilines is 1. The Labute approximate surface area is 113 Å². The van der Waals surface area contributed by atoms with Crippen LogP contribution in [0.25, 0.3) is 0 Å². The third kappa shape index (κ3) is 6.67. The average Bonchev–Trinajstić information content (AvgIpc) is 2.25. The molecule has 1 unspecified atom stereocenters. The van der Waals surface area contributed by atoms with Gasteiger partial charge in [-0.2, -0.15) is 0 Å². The summed E-state index contributed by atoms with van der Waals surface area (Å²) in [6.07, 6.45) is -1.01. The monoisotopic (exact) mass is 267 g/mol. The van der Waals surface area contributed by atoms with Crippen LogP contribution in [-0.4, -0.2) is 29.5 Å². The molecule has 0 radical (unpaired) electrons. The van der Waals surface area contributed by atoms with Gasteiger partial charge in [-0.05, 0) is 52.0 Å². The molecule has 1 amide bonds. The second-order valence-electron chi connectivity index (χ2n) is 5.31. The second kappa shape index (κ2) is 6.43. The Morgan fingerprint density at radius 3 is 2.37 bits per heavy atom. The van der Waals surface area contributed by atoms with Gasteiger partial charge in [-0.25, -0.2) is 4.79 Å². The Hall–Kier alpha value is -1.75. The van der Waals surface area contributed by atoms with Crippen molar-refractivity contribution < 1.29 is 19.4 Å². The van der Waals surface area contributed by atoms with Crippen LogP contribution in [0.4, 0.5) is 10.5 Å². The first-order valence-corrected chi connectivity index (χ1v) is 6.17. The van der Waals surface area contributed by atoms with Crippen LogP contribution in [-0.2, 0) is 4.74 Å². The van der Waals surface area contributed by atoms with Gasteiger partial charge in [-0.3, -0.25) is 5.32 Å². The van der Waals surface area contributed by atoms with Crippen LogP contribution in [0.2, 0.25) is 0 Å². The third-order valence-electron chi connectivity index (χ3n) is 1.99. The SMILES string of the molecule is CC(O)COc1ccc(NC(=O)OC(C)(C)C)cc1. The molecule has 1 aromatic rings. The number of hydrogen-bond acceptors (Lipinski definition) is 4. The van der Waals surface area contributed by atoms with E-state index in [4.69, 9.17) is 14.6 Å². The maximum atomic E-state index is 11.5. The second-order valence-corrected chi connectivity index (χ2v) is 5.31.